The van der Waals surface area contributed by atoms with E-state index in [1.165, 1.54) is 0 Å². The van der Waals surface area contributed by atoms with Gasteiger partial charge < -0.3 is 15.0 Å². The lowest BCUT2D eigenvalue weighted by atomic mass is 10.2. The summed E-state index contributed by atoms with van der Waals surface area (Å²) in [6.07, 6.45) is 3.49. The highest BCUT2D eigenvalue weighted by Crippen LogP contribution is 2.23. The summed E-state index contributed by atoms with van der Waals surface area (Å²) in [5.41, 5.74) is 5.26. The van der Waals surface area contributed by atoms with Crippen LogP contribution in [0.15, 0.2) is 59.8 Å². The summed E-state index contributed by atoms with van der Waals surface area (Å²) in [6, 6.07) is 14.9. The van der Waals surface area contributed by atoms with E-state index in [0.717, 1.165) is 22.2 Å². The number of carbonyl (C=O) groups is 1. The zero-order chi connectivity index (χ0) is 17.6. The first-order chi connectivity index (χ1) is 12.2. The van der Waals surface area contributed by atoms with Gasteiger partial charge in [0.15, 0.2) is 0 Å². The number of H-pyrrole nitrogens is 1. The van der Waals surface area contributed by atoms with E-state index in [1.54, 1.807) is 20.2 Å². The Morgan fingerprint density at radius 2 is 1.96 bits per heavy atom. The third-order valence-electron chi connectivity index (χ3n) is 3.87. The van der Waals surface area contributed by atoms with Crippen molar-refractivity contribution < 1.29 is 9.53 Å². The van der Waals surface area contributed by atoms with Crippen LogP contribution in [0.5, 0.6) is 5.75 Å². The Kier molecular flexibility index (Phi) is 4.99. The minimum Gasteiger partial charge on any atom is -0.495 e. The highest BCUT2D eigenvalue weighted by molar-refractivity contribution is 5.99. The molecule has 0 saturated carbocycles. The van der Waals surface area contributed by atoms with Gasteiger partial charge >= 0.3 is 0 Å². The van der Waals surface area contributed by atoms with Gasteiger partial charge in [0.1, 0.15) is 11.8 Å². The molecule has 1 amide bonds. The van der Waals surface area contributed by atoms with Gasteiger partial charge in [-0.3, -0.25) is 4.79 Å². The average molecular weight is 336 g/mol. The van der Waals surface area contributed by atoms with Crippen LogP contribution < -0.4 is 15.5 Å². The van der Waals surface area contributed by atoms with Crippen LogP contribution in [0.4, 0.5) is 5.69 Å². The van der Waals surface area contributed by atoms with Crippen LogP contribution in [0.2, 0.25) is 0 Å². The van der Waals surface area contributed by atoms with Gasteiger partial charge in [0.2, 0.25) is 0 Å². The van der Waals surface area contributed by atoms with Gasteiger partial charge in [-0.05, 0) is 25.1 Å². The molecule has 25 heavy (non-hydrogen) atoms. The molecular weight excluding hydrogens is 316 g/mol. The van der Waals surface area contributed by atoms with Crippen molar-refractivity contribution in [1.29, 1.82) is 0 Å². The SMILES string of the molecule is COc1ccccc1N[C@H](C)C(=O)N/N=C\c1c[nH]c2ccccc12. The van der Waals surface area contributed by atoms with Gasteiger partial charge in [0, 0.05) is 22.7 Å². The number of methoxy groups -OCH3 is 1. The topological polar surface area (TPSA) is 78.5 Å². The van der Waals surface area contributed by atoms with Crippen molar-refractivity contribution in [2.75, 3.05) is 12.4 Å². The largest absolute Gasteiger partial charge is 0.495 e. The molecule has 0 unspecified atom stereocenters. The molecule has 0 spiro atoms. The summed E-state index contributed by atoms with van der Waals surface area (Å²) in [6.45, 7) is 1.77. The quantitative estimate of drug-likeness (QED) is 0.478. The minimum atomic E-state index is -0.462. The van der Waals surface area contributed by atoms with Crippen molar-refractivity contribution in [3.63, 3.8) is 0 Å². The van der Waals surface area contributed by atoms with E-state index in [0.29, 0.717) is 5.75 Å². The number of nitrogens with zero attached hydrogens (tertiary/aromatic N) is 1. The number of nitrogens with one attached hydrogen (secondary N) is 3. The predicted octanol–water partition coefficient (Wildman–Crippen LogP) is 3.13. The second-order valence-corrected chi connectivity index (χ2v) is 5.59. The first-order valence-corrected chi connectivity index (χ1v) is 7.97. The van der Waals surface area contributed by atoms with Crippen LogP contribution in [0.1, 0.15) is 12.5 Å². The Bertz CT molecular complexity index is 901. The zero-order valence-corrected chi connectivity index (χ0v) is 14.1. The summed E-state index contributed by atoms with van der Waals surface area (Å²) >= 11 is 0. The zero-order valence-electron chi connectivity index (χ0n) is 14.1. The first kappa shape index (κ1) is 16.6. The number of amides is 1. The number of carbonyl (C=O) groups excluding carboxylic acids is 1. The fraction of sp³-hybridized carbons (Fsp3) is 0.158. The molecular formula is C19H20N4O2. The molecule has 1 heterocycles. The fourth-order valence-electron chi connectivity index (χ4n) is 2.53. The number of anilines is 1. The number of hydrazone groups is 1. The van der Waals surface area contributed by atoms with E-state index in [1.807, 2.05) is 54.7 Å². The van der Waals surface area contributed by atoms with E-state index < -0.39 is 6.04 Å². The maximum Gasteiger partial charge on any atom is 0.262 e. The van der Waals surface area contributed by atoms with Gasteiger partial charge in [0.05, 0.1) is 19.0 Å². The molecule has 0 saturated heterocycles. The van der Waals surface area contributed by atoms with Crippen molar-refractivity contribution in [2.24, 2.45) is 5.10 Å². The highest BCUT2D eigenvalue weighted by Gasteiger charge is 2.13. The minimum absolute atomic E-state index is 0.234. The van der Waals surface area contributed by atoms with Crippen molar-refractivity contribution in [2.45, 2.75) is 13.0 Å². The number of hydrogen-bond acceptors (Lipinski definition) is 4. The van der Waals surface area contributed by atoms with E-state index >= 15 is 0 Å². The van der Waals surface area contributed by atoms with Crippen LogP contribution in [-0.4, -0.2) is 30.3 Å². The number of para-hydroxylation sites is 3. The monoisotopic (exact) mass is 336 g/mol. The molecule has 3 aromatic rings. The Morgan fingerprint density at radius 1 is 1.20 bits per heavy atom. The number of rotatable bonds is 6. The lowest BCUT2D eigenvalue weighted by molar-refractivity contribution is -0.121. The van der Waals surface area contributed by atoms with E-state index in [-0.39, 0.29) is 5.91 Å². The molecule has 0 bridgehead atoms. The van der Waals surface area contributed by atoms with Crippen molar-refractivity contribution >= 4 is 28.7 Å². The van der Waals surface area contributed by atoms with E-state index in [9.17, 15) is 4.79 Å². The molecule has 128 valence electrons. The molecule has 0 aliphatic carbocycles. The summed E-state index contributed by atoms with van der Waals surface area (Å²) < 4.78 is 5.27. The summed E-state index contributed by atoms with van der Waals surface area (Å²) in [7, 11) is 1.59. The molecule has 3 N–H and O–H groups in total. The standard InChI is InChI=1S/C19H20N4O2/c1-13(22-17-9-5-6-10-18(17)25-2)19(24)23-21-12-14-11-20-16-8-4-3-7-15(14)16/h3-13,20,22H,1-2H3,(H,23,24)/b21-12-/t13-/m1/s1. The maximum absolute atomic E-state index is 12.2. The molecule has 2 aromatic carbocycles. The van der Waals surface area contributed by atoms with Crippen LogP contribution in [0, 0.1) is 0 Å². The van der Waals surface area contributed by atoms with Crippen LogP contribution in [-0.2, 0) is 4.79 Å². The van der Waals surface area contributed by atoms with Gasteiger partial charge in [-0.1, -0.05) is 30.3 Å². The third-order valence-corrected chi connectivity index (χ3v) is 3.87. The average Bonchev–Trinajstić information content (AvgIpc) is 3.05. The molecule has 6 nitrogen and oxygen atoms in total. The summed E-state index contributed by atoms with van der Waals surface area (Å²) in [5, 5.41) is 8.23. The summed E-state index contributed by atoms with van der Waals surface area (Å²) in [4.78, 5) is 15.4. The normalized spacial score (nSPS) is 12.2. The molecule has 1 atom stereocenters. The van der Waals surface area contributed by atoms with Crippen LogP contribution in [0.3, 0.4) is 0 Å². The molecule has 0 fully saturated rings. The number of fused-ring (bicyclic) bond motifs is 1. The van der Waals surface area contributed by atoms with Crippen LogP contribution >= 0.6 is 0 Å². The van der Waals surface area contributed by atoms with Gasteiger partial charge in [-0.25, -0.2) is 5.43 Å². The second-order valence-electron chi connectivity index (χ2n) is 5.59. The van der Waals surface area contributed by atoms with E-state index in [4.69, 9.17) is 4.74 Å². The summed E-state index contributed by atoms with van der Waals surface area (Å²) in [5.74, 6) is 0.450. The van der Waals surface area contributed by atoms with Crippen LogP contribution in [0.25, 0.3) is 10.9 Å². The number of ether oxygens (including phenoxy) is 1. The fourth-order valence-corrected chi connectivity index (χ4v) is 2.53. The lowest BCUT2D eigenvalue weighted by Crippen LogP contribution is -2.35. The Morgan fingerprint density at radius 3 is 2.80 bits per heavy atom. The molecule has 3 rings (SSSR count). The predicted molar refractivity (Wildman–Crippen MR) is 100 cm³/mol. The second kappa shape index (κ2) is 7.53. The van der Waals surface area contributed by atoms with E-state index in [2.05, 4.69) is 20.8 Å². The molecule has 0 aliphatic rings. The maximum atomic E-state index is 12.2. The lowest BCUT2D eigenvalue weighted by Gasteiger charge is -2.15. The first-order valence-electron chi connectivity index (χ1n) is 7.97. The Hall–Kier alpha value is -3.28. The highest BCUT2D eigenvalue weighted by atomic mass is 16.5. The molecule has 6 heteroatoms. The van der Waals surface area contributed by atoms with Gasteiger partial charge in [-0.2, -0.15) is 5.10 Å². The van der Waals surface area contributed by atoms with Crippen molar-refractivity contribution in [1.82, 2.24) is 10.4 Å². The van der Waals surface area contributed by atoms with Gasteiger partial charge in [-0.15, -0.1) is 0 Å². The molecule has 0 radical (unpaired) electrons. The number of aromatic amines is 1. The van der Waals surface area contributed by atoms with Crippen molar-refractivity contribution in [3.8, 4) is 5.75 Å². The smallest absolute Gasteiger partial charge is 0.262 e. The van der Waals surface area contributed by atoms with Gasteiger partial charge in [0.25, 0.3) is 5.91 Å². The molecule has 1 aromatic heterocycles. The number of aromatic nitrogens is 1. The number of hydrogen-bond donors (Lipinski definition) is 3. The Labute approximate surface area is 145 Å². The Balaban J connectivity index is 1.62. The van der Waals surface area contributed by atoms with Crippen molar-refractivity contribution in [3.05, 3.63) is 60.3 Å². The third kappa shape index (κ3) is 3.80. The molecule has 0 aliphatic heterocycles. The number of benzene rings is 2.